The van der Waals surface area contributed by atoms with Crippen LogP contribution >= 0.6 is 33.3 Å². The van der Waals surface area contributed by atoms with Crippen LogP contribution in [0, 0.1) is 10.5 Å². The third-order valence-electron chi connectivity index (χ3n) is 1.54. The summed E-state index contributed by atoms with van der Waals surface area (Å²) in [5.74, 6) is -0.942. The molecule has 0 amide bonds. The van der Waals surface area contributed by atoms with Gasteiger partial charge in [0.25, 0.3) is 9.05 Å². The minimum atomic E-state index is -5.02. The van der Waals surface area contributed by atoms with E-state index in [1.165, 1.54) is 6.92 Å². The average molecular weight is 402 g/mol. The maximum absolute atomic E-state index is 12.1. The van der Waals surface area contributed by atoms with Gasteiger partial charge >= 0.3 is 6.36 Å². The van der Waals surface area contributed by atoms with Crippen LogP contribution in [0.5, 0.6) is 5.75 Å². The highest BCUT2D eigenvalue weighted by atomic mass is 127. The summed E-state index contributed by atoms with van der Waals surface area (Å²) in [5, 5.41) is -0.950. The zero-order valence-corrected chi connectivity index (χ0v) is 11.8. The molecule has 0 aliphatic rings. The van der Waals surface area contributed by atoms with Gasteiger partial charge in [0.1, 0.15) is 0 Å². The number of aryl methyl sites for hydroxylation is 1. The van der Waals surface area contributed by atoms with Crippen molar-refractivity contribution in [2.75, 3.05) is 0 Å². The van der Waals surface area contributed by atoms with E-state index < -0.39 is 26.2 Å². The molecule has 0 bridgehead atoms. The lowest BCUT2D eigenvalue weighted by atomic mass is 10.4. The number of hydrogen-bond donors (Lipinski definition) is 0. The standard InChI is InChI=1S/C7H4ClF3INO3S/c1-3-4(12)2-5(16-7(9,10)11)6(13-3)17(8,14)15/h2H,1H3. The van der Waals surface area contributed by atoms with Gasteiger partial charge in [0.05, 0.1) is 5.69 Å². The van der Waals surface area contributed by atoms with Gasteiger partial charge in [0.15, 0.2) is 5.75 Å². The van der Waals surface area contributed by atoms with E-state index in [4.69, 9.17) is 10.7 Å². The van der Waals surface area contributed by atoms with Crippen molar-refractivity contribution < 1.29 is 26.3 Å². The Morgan fingerprint density at radius 2 is 2.00 bits per heavy atom. The third kappa shape index (κ3) is 4.14. The maximum atomic E-state index is 12.1. The molecule has 0 aliphatic carbocycles. The molecule has 1 heterocycles. The summed E-state index contributed by atoms with van der Waals surface area (Å²) in [6, 6.07) is 0.908. The highest BCUT2D eigenvalue weighted by Crippen LogP contribution is 2.32. The topological polar surface area (TPSA) is 56.3 Å². The summed E-state index contributed by atoms with van der Waals surface area (Å²) in [6.07, 6.45) is -5.02. The minimum absolute atomic E-state index is 0.236. The van der Waals surface area contributed by atoms with E-state index in [0.29, 0.717) is 3.57 Å². The molecule has 1 rings (SSSR count). The third-order valence-corrected chi connectivity index (χ3v) is 3.82. The Bertz CT molecular complexity index is 546. The van der Waals surface area contributed by atoms with Crippen molar-refractivity contribution in [3.8, 4) is 5.75 Å². The number of hydrogen-bond acceptors (Lipinski definition) is 4. The molecule has 0 radical (unpaired) electrons. The normalized spacial score (nSPS) is 12.6. The Balaban J connectivity index is 3.42. The second-order valence-electron chi connectivity index (χ2n) is 2.84. The summed E-state index contributed by atoms with van der Waals surface area (Å²) in [6.45, 7) is 1.44. The van der Waals surface area contributed by atoms with E-state index in [0.717, 1.165) is 6.07 Å². The van der Waals surface area contributed by atoms with Crippen LogP contribution in [0.3, 0.4) is 0 Å². The van der Waals surface area contributed by atoms with Gasteiger partial charge in [-0.05, 0) is 35.6 Å². The van der Waals surface area contributed by atoms with Gasteiger partial charge in [-0.1, -0.05) is 0 Å². The van der Waals surface area contributed by atoms with Gasteiger partial charge in [-0.25, -0.2) is 13.4 Å². The predicted molar refractivity (Wildman–Crippen MR) is 61.4 cm³/mol. The Labute approximate surface area is 113 Å². The lowest BCUT2D eigenvalue weighted by Crippen LogP contribution is -2.19. The van der Waals surface area contributed by atoms with Gasteiger partial charge < -0.3 is 4.74 Å². The number of rotatable bonds is 2. The first kappa shape index (κ1) is 14.8. The molecular formula is C7H4ClF3INO3S. The van der Waals surface area contributed by atoms with Crippen LogP contribution in [-0.2, 0) is 9.05 Å². The quantitative estimate of drug-likeness (QED) is 0.565. The average Bonchev–Trinajstić information content (AvgIpc) is 2.06. The summed E-state index contributed by atoms with van der Waals surface area (Å²) in [7, 11) is 0.564. The fourth-order valence-corrected chi connectivity index (χ4v) is 2.24. The van der Waals surface area contributed by atoms with E-state index in [2.05, 4.69) is 9.72 Å². The second kappa shape index (κ2) is 4.76. The predicted octanol–water partition coefficient (Wildman–Crippen LogP) is 2.82. The Hall–Kier alpha value is -0.290. The molecule has 0 atom stereocenters. The van der Waals surface area contributed by atoms with Crippen LogP contribution in [0.2, 0.25) is 0 Å². The van der Waals surface area contributed by atoms with Gasteiger partial charge in [0, 0.05) is 14.3 Å². The van der Waals surface area contributed by atoms with E-state index in [9.17, 15) is 21.6 Å². The van der Waals surface area contributed by atoms with E-state index in [1.807, 2.05) is 0 Å². The number of alkyl halides is 3. The first-order valence-corrected chi connectivity index (χ1v) is 7.27. The van der Waals surface area contributed by atoms with E-state index in [1.54, 1.807) is 22.6 Å². The summed E-state index contributed by atoms with van der Waals surface area (Å²) in [5.41, 5.74) is 0.236. The SMILES string of the molecule is Cc1nc(S(=O)(=O)Cl)c(OC(F)(F)F)cc1I. The van der Waals surface area contributed by atoms with E-state index in [-0.39, 0.29) is 5.69 Å². The number of halogens is 5. The smallest absolute Gasteiger partial charge is 0.403 e. The number of pyridine rings is 1. The Kier molecular flexibility index (Phi) is 4.14. The van der Waals surface area contributed by atoms with Crippen molar-refractivity contribution in [1.82, 2.24) is 4.98 Å². The molecule has 0 N–H and O–H groups in total. The van der Waals surface area contributed by atoms with Gasteiger partial charge in [-0.15, -0.1) is 13.2 Å². The van der Waals surface area contributed by atoms with Crippen molar-refractivity contribution in [3.05, 3.63) is 15.3 Å². The highest BCUT2D eigenvalue weighted by Gasteiger charge is 2.34. The first-order valence-electron chi connectivity index (χ1n) is 3.88. The molecular weight excluding hydrogens is 397 g/mol. The first-order chi connectivity index (χ1) is 7.50. The fourth-order valence-electron chi connectivity index (χ4n) is 0.915. The largest absolute Gasteiger partial charge is 0.573 e. The molecule has 1 aromatic heterocycles. The molecule has 0 fully saturated rings. The van der Waals surface area contributed by atoms with Crippen molar-refractivity contribution >= 4 is 42.3 Å². The van der Waals surface area contributed by atoms with Gasteiger partial charge in [0.2, 0.25) is 5.03 Å². The lowest BCUT2D eigenvalue weighted by Gasteiger charge is -2.12. The molecule has 0 saturated heterocycles. The Morgan fingerprint density at radius 1 is 1.47 bits per heavy atom. The fraction of sp³-hybridized carbons (Fsp3) is 0.286. The van der Waals surface area contributed by atoms with Crippen LogP contribution < -0.4 is 4.74 Å². The van der Waals surface area contributed by atoms with Gasteiger partial charge in [-0.3, -0.25) is 0 Å². The Morgan fingerprint density at radius 3 is 2.41 bits per heavy atom. The van der Waals surface area contributed by atoms with Gasteiger partial charge in [-0.2, -0.15) is 0 Å². The zero-order valence-electron chi connectivity index (χ0n) is 8.05. The van der Waals surface area contributed by atoms with E-state index >= 15 is 0 Å². The molecule has 0 saturated carbocycles. The molecule has 0 unspecified atom stereocenters. The van der Waals surface area contributed by atoms with Crippen molar-refractivity contribution in [3.63, 3.8) is 0 Å². The lowest BCUT2D eigenvalue weighted by molar-refractivity contribution is -0.275. The van der Waals surface area contributed by atoms with Crippen molar-refractivity contribution in [1.29, 1.82) is 0 Å². The number of ether oxygens (including phenoxy) is 1. The molecule has 4 nitrogen and oxygen atoms in total. The van der Waals surface area contributed by atoms with Crippen molar-refractivity contribution in [2.24, 2.45) is 0 Å². The molecule has 0 aromatic carbocycles. The molecule has 1 aromatic rings. The molecule has 10 heteroatoms. The molecule has 0 aliphatic heterocycles. The summed E-state index contributed by atoms with van der Waals surface area (Å²) >= 11 is 1.70. The number of aromatic nitrogens is 1. The number of nitrogens with zero attached hydrogens (tertiary/aromatic N) is 1. The molecule has 96 valence electrons. The molecule has 0 spiro atoms. The van der Waals surface area contributed by atoms with Crippen LogP contribution in [0.15, 0.2) is 11.1 Å². The van der Waals surface area contributed by atoms with Crippen LogP contribution in [-0.4, -0.2) is 19.8 Å². The second-order valence-corrected chi connectivity index (χ2v) is 6.49. The summed E-state index contributed by atoms with van der Waals surface area (Å²) < 4.78 is 62.2. The van der Waals surface area contributed by atoms with Crippen LogP contribution in [0.4, 0.5) is 13.2 Å². The molecule has 17 heavy (non-hydrogen) atoms. The van der Waals surface area contributed by atoms with Crippen molar-refractivity contribution in [2.45, 2.75) is 18.3 Å². The summed E-state index contributed by atoms with van der Waals surface area (Å²) in [4.78, 5) is 3.48. The van der Waals surface area contributed by atoms with Crippen LogP contribution in [0.1, 0.15) is 5.69 Å². The minimum Gasteiger partial charge on any atom is -0.403 e. The zero-order chi connectivity index (χ0) is 13.4. The maximum Gasteiger partial charge on any atom is 0.573 e. The monoisotopic (exact) mass is 401 g/mol. The highest BCUT2D eigenvalue weighted by molar-refractivity contribution is 14.1. The van der Waals surface area contributed by atoms with Crippen LogP contribution in [0.25, 0.3) is 0 Å².